The Morgan fingerprint density at radius 1 is 1.10 bits per heavy atom. The maximum Gasteiger partial charge on any atom is 0.289 e. The highest BCUT2D eigenvalue weighted by Crippen LogP contribution is 2.19. The lowest BCUT2D eigenvalue weighted by atomic mass is 10.2. The van der Waals surface area contributed by atoms with Gasteiger partial charge in [-0.05, 0) is 37.3 Å². The number of nitrogen functional groups attached to an aromatic ring is 1. The zero-order chi connectivity index (χ0) is 14.8. The van der Waals surface area contributed by atoms with Gasteiger partial charge in [0.2, 0.25) is 0 Å². The molecular formula is C16H19N3O2. The van der Waals surface area contributed by atoms with Crippen molar-refractivity contribution < 1.29 is 9.21 Å². The summed E-state index contributed by atoms with van der Waals surface area (Å²) in [6.45, 7) is 4.92. The van der Waals surface area contributed by atoms with E-state index in [4.69, 9.17) is 10.2 Å². The molecule has 1 aliphatic rings. The zero-order valence-corrected chi connectivity index (χ0v) is 12.1. The third kappa shape index (κ3) is 2.72. The minimum absolute atomic E-state index is 0.0190. The normalized spacial score (nSPS) is 15.3. The van der Waals surface area contributed by atoms with E-state index in [1.165, 1.54) is 0 Å². The van der Waals surface area contributed by atoms with Crippen LogP contribution in [0.25, 0.3) is 0 Å². The second-order valence-corrected chi connectivity index (χ2v) is 5.30. The molecule has 5 nitrogen and oxygen atoms in total. The van der Waals surface area contributed by atoms with E-state index in [1.54, 1.807) is 6.26 Å². The van der Waals surface area contributed by atoms with Gasteiger partial charge in [-0.3, -0.25) is 4.79 Å². The lowest BCUT2D eigenvalue weighted by molar-refractivity contribution is 0.0713. The lowest BCUT2D eigenvalue weighted by Crippen LogP contribution is -2.48. The summed E-state index contributed by atoms with van der Waals surface area (Å²) in [5.74, 6) is 0.436. The van der Waals surface area contributed by atoms with Gasteiger partial charge in [0.25, 0.3) is 5.91 Å². The van der Waals surface area contributed by atoms with Gasteiger partial charge in [-0.15, -0.1) is 0 Å². The van der Waals surface area contributed by atoms with Gasteiger partial charge >= 0.3 is 0 Å². The van der Waals surface area contributed by atoms with E-state index in [2.05, 4.69) is 4.90 Å². The molecule has 1 amide bonds. The fourth-order valence-corrected chi connectivity index (χ4v) is 2.59. The predicted octanol–water partition coefficient (Wildman–Crippen LogP) is 2.13. The number of carbonyl (C=O) groups excluding carboxylic acids is 1. The smallest absolute Gasteiger partial charge is 0.289 e. The maximum atomic E-state index is 12.4. The van der Waals surface area contributed by atoms with Gasteiger partial charge in [-0.25, -0.2) is 0 Å². The van der Waals surface area contributed by atoms with Crippen molar-refractivity contribution >= 4 is 17.3 Å². The molecule has 0 bridgehead atoms. The van der Waals surface area contributed by atoms with Crippen LogP contribution in [0.15, 0.2) is 41.0 Å². The first-order valence-corrected chi connectivity index (χ1v) is 7.09. The topological polar surface area (TPSA) is 62.7 Å². The highest BCUT2D eigenvalue weighted by molar-refractivity contribution is 5.93. The second kappa shape index (κ2) is 5.52. The number of aryl methyl sites for hydroxylation is 1. The van der Waals surface area contributed by atoms with Gasteiger partial charge in [0, 0.05) is 43.1 Å². The number of carbonyl (C=O) groups is 1. The molecule has 0 unspecified atom stereocenters. The zero-order valence-electron chi connectivity index (χ0n) is 12.1. The van der Waals surface area contributed by atoms with E-state index in [0.717, 1.165) is 30.0 Å². The van der Waals surface area contributed by atoms with Crippen molar-refractivity contribution in [2.45, 2.75) is 6.92 Å². The molecule has 1 saturated heterocycles. The predicted molar refractivity (Wildman–Crippen MR) is 82.4 cm³/mol. The molecule has 110 valence electrons. The van der Waals surface area contributed by atoms with Crippen LogP contribution < -0.4 is 10.6 Å². The maximum absolute atomic E-state index is 12.4. The molecule has 0 spiro atoms. The number of nitrogens with zero attached hydrogens (tertiary/aromatic N) is 2. The molecule has 2 N–H and O–H groups in total. The highest BCUT2D eigenvalue weighted by Gasteiger charge is 2.25. The van der Waals surface area contributed by atoms with E-state index >= 15 is 0 Å². The molecule has 0 atom stereocenters. The van der Waals surface area contributed by atoms with Crippen molar-refractivity contribution in [3.63, 3.8) is 0 Å². The number of furan rings is 1. The Morgan fingerprint density at radius 3 is 2.33 bits per heavy atom. The molecule has 5 heteroatoms. The third-order valence-electron chi connectivity index (χ3n) is 3.88. The first-order valence-electron chi connectivity index (χ1n) is 7.09. The van der Waals surface area contributed by atoms with Crippen molar-refractivity contribution in [3.8, 4) is 0 Å². The summed E-state index contributed by atoms with van der Waals surface area (Å²) in [6.07, 6.45) is 1.56. The van der Waals surface area contributed by atoms with Crippen molar-refractivity contribution in [2.24, 2.45) is 0 Å². The number of hydrogen-bond acceptors (Lipinski definition) is 4. The largest absolute Gasteiger partial charge is 0.459 e. The second-order valence-electron chi connectivity index (χ2n) is 5.30. The van der Waals surface area contributed by atoms with Crippen LogP contribution >= 0.6 is 0 Å². The third-order valence-corrected chi connectivity index (χ3v) is 3.88. The number of amides is 1. The van der Waals surface area contributed by atoms with E-state index in [1.807, 2.05) is 42.2 Å². The molecule has 0 aliphatic carbocycles. The standard InChI is InChI=1S/C16H19N3O2/c1-12-6-11-21-15(12)16(20)19-9-7-18(8-10-19)14-4-2-13(17)3-5-14/h2-6,11H,7-10,17H2,1H3. The minimum atomic E-state index is -0.0190. The van der Waals surface area contributed by atoms with E-state index in [0.29, 0.717) is 18.8 Å². The van der Waals surface area contributed by atoms with E-state index < -0.39 is 0 Å². The van der Waals surface area contributed by atoms with Crippen molar-refractivity contribution in [2.75, 3.05) is 36.8 Å². The summed E-state index contributed by atoms with van der Waals surface area (Å²) in [6, 6.07) is 9.66. The summed E-state index contributed by atoms with van der Waals surface area (Å²) in [7, 11) is 0. The number of rotatable bonds is 2. The van der Waals surface area contributed by atoms with Gasteiger partial charge in [-0.1, -0.05) is 0 Å². The minimum Gasteiger partial charge on any atom is -0.459 e. The molecule has 1 aromatic carbocycles. The van der Waals surface area contributed by atoms with E-state index in [9.17, 15) is 4.79 Å². The number of piperazine rings is 1. The summed E-state index contributed by atoms with van der Waals surface area (Å²) < 4.78 is 5.29. The Hall–Kier alpha value is -2.43. The van der Waals surface area contributed by atoms with Crippen molar-refractivity contribution in [1.29, 1.82) is 0 Å². The van der Waals surface area contributed by atoms with Crippen LogP contribution in [0.2, 0.25) is 0 Å². The Labute approximate surface area is 123 Å². The summed E-state index contributed by atoms with van der Waals surface area (Å²) in [5, 5.41) is 0. The molecule has 1 aromatic heterocycles. The van der Waals surface area contributed by atoms with Crippen LogP contribution in [-0.2, 0) is 0 Å². The van der Waals surface area contributed by atoms with Gasteiger partial charge in [0.1, 0.15) is 0 Å². The first kappa shape index (κ1) is 13.5. The molecule has 1 aliphatic heterocycles. The van der Waals surface area contributed by atoms with Crippen molar-refractivity contribution in [1.82, 2.24) is 4.90 Å². The average Bonchev–Trinajstić information content (AvgIpc) is 2.94. The number of hydrogen-bond donors (Lipinski definition) is 1. The molecule has 0 radical (unpaired) electrons. The summed E-state index contributed by atoms with van der Waals surface area (Å²) >= 11 is 0. The molecule has 1 fully saturated rings. The summed E-state index contributed by atoms with van der Waals surface area (Å²) in [4.78, 5) is 16.5. The molecule has 2 aromatic rings. The monoisotopic (exact) mass is 285 g/mol. The molecular weight excluding hydrogens is 266 g/mol. The highest BCUT2D eigenvalue weighted by atomic mass is 16.3. The van der Waals surface area contributed by atoms with E-state index in [-0.39, 0.29) is 5.91 Å². The number of benzene rings is 1. The van der Waals surface area contributed by atoms with Gasteiger partial charge in [0.15, 0.2) is 5.76 Å². The Morgan fingerprint density at radius 2 is 1.76 bits per heavy atom. The number of nitrogens with two attached hydrogens (primary N) is 1. The van der Waals surface area contributed by atoms with Crippen LogP contribution in [0.5, 0.6) is 0 Å². The molecule has 21 heavy (non-hydrogen) atoms. The van der Waals surface area contributed by atoms with Crippen LogP contribution in [0.3, 0.4) is 0 Å². The fraction of sp³-hybridized carbons (Fsp3) is 0.312. The molecule has 0 saturated carbocycles. The fourth-order valence-electron chi connectivity index (χ4n) is 2.59. The SMILES string of the molecule is Cc1ccoc1C(=O)N1CCN(c2ccc(N)cc2)CC1. The van der Waals surface area contributed by atoms with Gasteiger partial charge in [0.05, 0.1) is 6.26 Å². The van der Waals surface area contributed by atoms with Gasteiger partial charge in [-0.2, -0.15) is 0 Å². The lowest BCUT2D eigenvalue weighted by Gasteiger charge is -2.35. The quantitative estimate of drug-likeness (QED) is 0.859. The van der Waals surface area contributed by atoms with Crippen LogP contribution in [0, 0.1) is 6.92 Å². The average molecular weight is 285 g/mol. The Bertz CT molecular complexity index is 625. The summed E-state index contributed by atoms with van der Waals surface area (Å²) in [5.41, 5.74) is 8.50. The van der Waals surface area contributed by atoms with Crippen LogP contribution in [0.1, 0.15) is 16.1 Å². The van der Waals surface area contributed by atoms with Crippen LogP contribution in [-0.4, -0.2) is 37.0 Å². The Balaban J connectivity index is 1.64. The van der Waals surface area contributed by atoms with Crippen LogP contribution in [0.4, 0.5) is 11.4 Å². The molecule has 3 rings (SSSR count). The number of anilines is 2. The Kier molecular flexibility index (Phi) is 3.56. The van der Waals surface area contributed by atoms with Gasteiger partial charge < -0.3 is 20.0 Å². The molecule has 2 heterocycles. The van der Waals surface area contributed by atoms with Crippen molar-refractivity contribution in [3.05, 3.63) is 47.9 Å². The first-order chi connectivity index (χ1) is 10.1.